The third-order valence-corrected chi connectivity index (χ3v) is 3.61. The molecule has 1 heterocycles. The second-order valence-electron chi connectivity index (χ2n) is 3.76. The van der Waals surface area contributed by atoms with Crippen molar-refractivity contribution in [3.8, 4) is 0 Å². The van der Waals surface area contributed by atoms with Crippen LogP contribution in [0.25, 0.3) is 0 Å². The van der Waals surface area contributed by atoms with Crippen LogP contribution in [0.15, 0.2) is 17.5 Å². The molecule has 0 fully saturated rings. The average Bonchev–Trinajstić information content (AvgIpc) is 2.81. The summed E-state index contributed by atoms with van der Waals surface area (Å²) >= 11 is 1.48. The Morgan fingerprint density at radius 1 is 1.50 bits per heavy atom. The van der Waals surface area contributed by atoms with Crippen molar-refractivity contribution in [2.45, 2.75) is 26.8 Å². The zero-order valence-electron chi connectivity index (χ0n) is 10.2. The normalized spacial score (nSPS) is 12.8. The van der Waals surface area contributed by atoms with E-state index in [-0.39, 0.29) is 5.91 Å². The van der Waals surface area contributed by atoms with E-state index in [0.29, 0.717) is 12.6 Å². The van der Waals surface area contributed by atoms with Crippen LogP contribution in [0.1, 0.15) is 30.4 Å². The van der Waals surface area contributed by atoms with Crippen molar-refractivity contribution < 1.29 is 4.79 Å². The maximum atomic E-state index is 11.7. The SMILES string of the molecule is CCN(CC)C(C)CNC(=O)c1cccs1. The van der Waals surface area contributed by atoms with Crippen molar-refractivity contribution >= 4 is 17.2 Å². The highest BCUT2D eigenvalue weighted by molar-refractivity contribution is 7.12. The quantitative estimate of drug-likeness (QED) is 0.827. The van der Waals surface area contributed by atoms with Crippen LogP contribution < -0.4 is 5.32 Å². The lowest BCUT2D eigenvalue weighted by Crippen LogP contribution is -2.41. The van der Waals surface area contributed by atoms with Gasteiger partial charge in [0.25, 0.3) is 5.91 Å². The minimum absolute atomic E-state index is 0.0361. The van der Waals surface area contributed by atoms with Gasteiger partial charge < -0.3 is 5.32 Å². The molecule has 0 aromatic carbocycles. The molecule has 1 amide bonds. The molecular weight excluding hydrogens is 220 g/mol. The van der Waals surface area contributed by atoms with E-state index in [1.165, 1.54) is 11.3 Å². The molecule has 0 saturated carbocycles. The molecule has 0 bridgehead atoms. The third-order valence-electron chi connectivity index (χ3n) is 2.74. The van der Waals surface area contributed by atoms with Gasteiger partial charge in [-0.05, 0) is 31.5 Å². The van der Waals surface area contributed by atoms with Crippen molar-refractivity contribution in [2.75, 3.05) is 19.6 Å². The Kier molecular flexibility index (Phi) is 5.49. The number of amides is 1. The van der Waals surface area contributed by atoms with Crippen molar-refractivity contribution in [3.63, 3.8) is 0 Å². The van der Waals surface area contributed by atoms with E-state index in [2.05, 4.69) is 31.0 Å². The van der Waals surface area contributed by atoms with Gasteiger partial charge in [0, 0.05) is 12.6 Å². The molecule has 90 valence electrons. The van der Waals surface area contributed by atoms with Crippen LogP contribution in [0, 0.1) is 0 Å². The first-order valence-corrected chi connectivity index (χ1v) is 6.62. The number of carbonyl (C=O) groups excluding carboxylic acids is 1. The first-order valence-electron chi connectivity index (χ1n) is 5.74. The minimum Gasteiger partial charge on any atom is -0.350 e. The molecule has 0 spiro atoms. The highest BCUT2D eigenvalue weighted by Gasteiger charge is 2.12. The van der Waals surface area contributed by atoms with Gasteiger partial charge in [0.15, 0.2) is 0 Å². The van der Waals surface area contributed by atoms with E-state index in [4.69, 9.17) is 0 Å². The zero-order valence-corrected chi connectivity index (χ0v) is 11.0. The summed E-state index contributed by atoms with van der Waals surface area (Å²) in [7, 11) is 0. The number of likely N-dealkylation sites (N-methyl/N-ethyl adjacent to an activating group) is 1. The molecule has 4 heteroatoms. The van der Waals surface area contributed by atoms with Crippen molar-refractivity contribution in [2.24, 2.45) is 0 Å². The Morgan fingerprint density at radius 2 is 2.19 bits per heavy atom. The number of hydrogen-bond acceptors (Lipinski definition) is 3. The van der Waals surface area contributed by atoms with Crippen molar-refractivity contribution in [1.82, 2.24) is 10.2 Å². The largest absolute Gasteiger partial charge is 0.350 e. The molecule has 0 aliphatic carbocycles. The van der Waals surface area contributed by atoms with Gasteiger partial charge in [0.05, 0.1) is 4.88 Å². The molecule has 3 nitrogen and oxygen atoms in total. The van der Waals surface area contributed by atoms with E-state index < -0.39 is 0 Å². The summed E-state index contributed by atoms with van der Waals surface area (Å²) in [6.45, 7) is 9.17. The van der Waals surface area contributed by atoms with Gasteiger partial charge in [-0.15, -0.1) is 11.3 Å². The van der Waals surface area contributed by atoms with Crippen LogP contribution in [0.4, 0.5) is 0 Å². The Labute approximate surface area is 101 Å². The molecule has 1 aromatic heterocycles. The molecular formula is C12H20N2OS. The van der Waals surface area contributed by atoms with Crippen molar-refractivity contribution in [3.05, 3.63) is 22.4 Å². The minimum atomic E-state index is 0.0361. The van der Waals surface area contributed by atoms with Crippen LogP contribution in [-0.2, 0) is 0 Å². The first kappa shape index (κ1) is 13.2. The molecule has 16 heavy (non-hydrogen) atoms. The van der Waals surface area contributed by atoms with E-state index in [1.807, 2.05) is 17.5 Å². The summed E-state index contributed by atoms with van der Waals surface area (Å²) in [6.07, 6.45) is 0. The maximum absolute atomic E-state index is 11.7. The third kappa shape index (κ3) is 3.61. The van der Waals surface area contributed by atoms with Crippen molar-refractivity contribution in [1.29, 1.82) is 0 Å². The predicted octanol–water partition coefficient (Wildman–Crippen LogP) is 2.21. The van der Waals surface area contributed by atoms with Gasteiger partial charge in [-0.1, -0.05) is 19.9 Å². The molecule has 1 rings (SSSR count). The van der Waals surface area contributed by atoms with Gasteiger partial charge >= 0.3 is 0 Å². The highest BCUT2D eigenvalue weighted by Crippen LogP contribution is 2.07. The second-order valence-corrected chi connectivity index (χ2v) is 4.71. The lowest BCUT2D eigenvalue weighted by Gasteiger charge is -2.26. The number of hydrogen-bond donors (Lipinski definition) is 1. The molecule has 0 aliphatic heterocycles. The van der Waals surface area contributed by atoms with Crippen LogP contribution in [0.5, 0.6) is 0 Å². The van der Waals surface area contributed by atoms with E-state index in [0.717, 1.165) is 18.0 Å². The Hall–Kier alpha value is -0.870. The standard InChI is InChI=1S/C12H20N2OS/c1-4-14(5-2)10(3)9-13-12(15)11-7-6-8-16-11/h6-8,10H,4-5,9H2,1-3H3,(H,13,15). The Morgan fingerprint density at radius 3 is 2.69 bits per heavy atom. The number of nitrogens with zero attached hydrogens (tertiary/aromatic N) is 1. The molecule has 1 aromatic rings. The molecule has 0 radical (unpaired) electrons. The highest BCUT2D eigenvalue weighted by atomic mass is 32.1. The molecule has 1 N–H and O–H groups in total. The van der Waals surface area contributed by atoms with Crippen LogP contribution in [0.3, 0.4) is 0 Å². The van der Waals surface area contributed by atoms with Crippen LogP contribution in [0.2, 0.25) is 0 Å². The molecule has 0 saturated heterocycles. The fourth-order valence-corrected chi connectivity index (χ4v) is 2.35. The van der Waals surface area contributed by atoms with E-state index >= 15 is 0 Å². The van der Waals surface area contributed by atoms with E-state index in [9.17, 15) is 4.79 Å². The second kappa shape index (κ2) is 6.66. The van der Waals surface area contributed by atoms with Crippen LogP contribution >= 0.6 is 11.3 Å². The van der Waals surface area contributed by atoms with Gasteiger partial charge in [0.2, 0.25) is 0 Å². The smallest absolute Gasteiger partial charge is 0.261 e. The monoisotopic (exact) mass is 240 g/mol. The molecule has 1 unspecified atom stereocenters. The number of rotatable bonds is 6. The van der Waals surface area contributed by atoms with Gasteiger partial charge in [0.1, 0.15) is 0 Å². The summed E-state index contributed by atoms with van der Waals surface area (Å²) in [5.74, 6) is 0.0361. The van der Waals surface area contributed by atoms with Crippen LogP contribution in [-0.4, -0.2) is 36.5 Å². The Bertz CT molecular complexity index is 307. The average molecular weight is 240 g/mol. The fourth-order valence-electron chi connectivity index (χ4n) is 1.71. The fraction of sp³-hybridized carbons (Fsp3) is 0.583. The summed E-state index contributed by atoms with van der Waals surface area (Å²) in [4.78, 5) is 14.8. The lowest BCUT2D eigenvalue weighted by atomic mass is 10.2. The summed E-state index contributed by atoms with van der Waals surface area (Å²) in [6, 6.07) is 4.13. The van der Waals surface area contributed by atoms with E-state index in [1.54, 1.807) is 0 Å². The summed E-state index contributed by atoms with van der Waals surface area (Å²) < 4.78 is 0. The number of nitrogens with one attached hydrogen (secondary N) is 1. The zero-order chi connectivity index (χ0) is 12.0. The summed E-state index contributed by atoms with van der Waals surface area (Å²) in [5.41, 5.74) is 0. The Balaban J connectivity index is 2.37. The number of thiophene rings is 1. The first-order chi connectivity index (χ1) is 7.69. The molecule has 1 atom stereocenters. The summed E-state index contributed by atoms with van der Waals surface area (Å²) in [5, 5.41) is 4.88. The van der Waals surface area contributed by atoms with Gasteiger partial charge in [-0.3, -0.25) is 9.69 Å². The lowest BCUT2D eigenvalue weighted by molar-refractivity contribution is 0.0942. The maximum Gasteiger partial charge on any atom is 0.261 e. The topological polar surface area (TPSA) is 32.3 Å². The number of carbonyl (C=O) groups is 1. The molecule has 0 aliphatic rings. The predicted molar refractivity (Wildman–Crippen MR) is 69.0 cm³/mol. The van der Waals surface area contributed by atoms with Gasteiger partial charge in [-0.25, -0.2) is 0 Å². The van der Waals surface area contributed by atoms with Gasteiger partial charge in [-0.2, -0.15) is 0 Å².